The summed E-state index contributed by atoms with van der Waals surface area (Å²) < 4.78 is 5.81. The maximum absolute atomic E-state index is 5.81. The highest BCUT2D eigenvalue weighted by Crippen LogP contribution is 2.26. The molecule has 3 rings (SSSR count). The fourth-order valence-electron chi connectivity index (χ4n) is 2.83. The lowest BCUT2D eigenvalue weighted by Gasteiger charge is -2.26. The van der Waals surface area contributed by atoms with Crippen LogP contribution < -0.4 is 4.74 Å². The normalized spacial score (nSPS) is 22.2. The highest BCUT2D eigenvalue weighted by Gasteiger charge is 2.13. The fraction of sp³-hybridized carbons (Fsp3) is 0.500. The Morgan fingerprint density at radius 3 is 2.78 bits per heavy atom. The molecule has 0 amide bonds. The third-order valence-electron chi connectivity index (χ3n) is 3.83. The van der Waals surface area contributed by atoms with E-state index in [2.05, 4.69) is 35.4 Å². The van der Waals surface area contributed by atoms with Gasteiger partial charge in [-0.2, -0.15) is 0 Å². The van der Waals surface area contributed by atoms with Gasteiger partial charge in [-0.05, 0) is 49.1 Å². The molecular weight excluding hydrogens is 222 g/mol. The van der Waals surface area contributed by atoms with Crippen molar-refractivity contribution in [1.29, 1.82) is 0 Å². The highest BCUT2D eigenvalue weighted by atomic mass is 16.5. The van der Waals surface area contributed by atoms with Crippen LogP contribution in [0.15, 0.2) is 36.0 Å². The van der Waals surface area contributed by atoms with Crippen molar-refractivity contribution in [1.82, 2.24) is 4.90 Å². The molecule has 2 aliphatic heterocycles. The molecule has 0 spiro atoms. The van der Waals surface area contributed by atoms with Crippen molar-refractivity contribution < 1.29 is 4.74 Å². The van der Waals surface area contributed by atoms with Crippen LogP contribution in [0.2, 0.25) is 0 Å². The van der Waals surface area contributed by atoms with Crippen molar-refractivity contribution in [2.45, 2.75) is 32.1 Å². The molecular formula is C16H21NO. The van der Waals surface area contributed by atoms with Crippen molar-refractivity contribution >= 4 is 0 Å². The Labute approximate surface area is 109 Å². The van der Waals surface area contributed by atoms with Gasteiger partial charge < -0.3 is 9.64 Å². The largest absolute Gasteiger partial charge is 0.493 e. The number of hydrogen-bond acceptors (Lipinski definition) is 2. The van der Waals surface area contributed by atoms with Crippen molar-refractivity contribution in [3.63, 3.8) is 0 Å². The van der Waals surface area contributed by atoms with Crippen LogP contribution in [0, 0.1) is 0 Å². The molecule has 1 fully saturated rings. The quantitative estimate of drug-likeness (QED) is 0.749. The first-order valence-corrected chi connectivity index (χ1v) is 7.06. The maximum atomic E-state index is 5.81. The molecule has 1 aromatic rings. The van der Waals surface area contributed by atoms with Crippen LogP contribution in [0.1, 0.15) is 31.2 Å². The molecule has 0 saturated carbocycles. The fourth-order valence-corrected chi connectivity index (χ4v) is 2.83. The Morgan fingerprint density at radius 1 is 1.06 bits per heavy atom. The smallest absolute Gasteiger partial charge is 0.122 e. The number of hydrogen-bond donors (Lipinski definition) is 0. The van der Waals surface area contributed by atoms with Crippen LogP contribution in [0.5, 0.6) is 5.75 Å². The second kappa shape index (κ2) is 5.47. The van der Waals surface area contributed by atoms with Crippen molar-refractivity contribution in [2.24, 2.45) is 0 Å². The van der Waals surface area contributed by atoms with E-state index in [4.69, 9.17) is 4.74 Å². The predicted molar refractivity (Wildman–Crippen MR) is 73.8 cm³/mol. The van der Waals surface area contributed by atoms with E-state index in [0.717, 1.165) is 25.2 Å². The zero-order chi connectivity index (χ0) is 12.2. The van der Waals surface area contributed by atoms with Crippen molar-refractivity contribution in [3.8, 4) is 5.75 Å². The molecule has 0 N–H and O–H groups in total. The van der Waals surface area contributed by atoms with Gasteiger partial charge in [-0.1, -0.05) is 18.2 Å². The van der Waals surface area contributed by atoms with E-state index in [-0.39, 0.29) is 0 Å². The number of likely N-dealkylation sites (tertiary alicyclic amines) is 1. The van der Waals surface area contributed by atoms with Gasteiger partial charge in [0.05, 0.1) is 6.61 Å². The van der Waals surface area contributed by atoms with E-state index in [9.17, 15) is 0 Å². The molecule has 96 valence electrons. The van der Waals surface area contributed by atoms with Gasteiger partial charge in [0.1, 0.15) is 5.75 Å². The predicted octanol–water partition coefficient (Wildman–Crippen LogP) is 3.38. The molecule has 1 aromatic carbocycles. The van der Waals surface area contributed by atoms with E-state index in [1.54, 1.807) is 0 Å². The van der Waals surface area contributed by atoms with Gasteiger partial charge in [0.15, 0.2) is 0 Å². The molecule has 0 radical (unpaired) electrons. The van der Waals surface area contributed by atoms with Crippen LogP contribution in [0.3, 0.4) is 0 Å². The minimum absolute atomic E-state index is 0.816. The lowest BCUT2D eigenvalue weighted by molar-refractivity contribution is 0.302. The van der Waals surface area contributed by atoms with E-state index < -0.39 is 0 Å². The molecule has 0 aromatic heterocycles. The Balaban J connectivity index is 1.76. The lowest BCUT2D eigenvalue weighted by atomic mass is 10.0. The first kappa shape index (κ1) is 11.6. The van der Waals surface area contributed by atoms with Crippen molar-refractivity contribution in [2.75, 3.05) is 19.7 Å². The molecule has 2 heterocycles. The summed E-state index contributed by atoms with van der Waals surface area (Å²) >= 11 is 0. The Hall–Kier alpha value is -1.44. The lowest BCUT2D eigenvalue weighted by Crippen LogP contribution is -2.25. The van der Waals surface area contributed by atoms with Gasteiger partial charge in [-0.25, -0.2) is 0 Å². The molecule has 0 aliphatic carbocycles. The highest BCUT2D eigenvalue weighted by molar-refractivity contribution is 5.37. The molecule has 1 saturated heterocycles. The number of para-hydroxylation sites is 1. The van der Waals surface area contributed by atoms with E-state index in [1.807, 2.05) is 0 Å². The molecule has 0 unspecified atom stereocenters. The summed E-state index contributed by atoms with van der Waals surface area (Å²) in [6, 6.07) is 8.42. The van der Waals surface area contributed by atoms with Crippen LogP contribution in [0.25, 0.3) is 0 Å². The number of nitrogens with zero attached hydrogens (tertiary/aromatic N) is 1. The van der Waals surface area contributed by atoms with Crippen LogP contribution in [-0.4, -0.2) is 24.6 Å². The summed E-state index contributed by atoms with van der Waals surface area (Å²) in [5.74, 6) is 1.07. The zero-order valence-electron chi connectivity index (χ0n) is 10.9. The van der Waals surface area contributed by atoms with Gasteiger partial charge >= 0.3 is 0 Å². The van der Waals surface area contributed by atoms with Gasteiger partial charge in [0.25, 0.3) is 0 Å². The van der Waals surface area contributed by atoms with Gasteiger partial charge in [-0.3, -0.25) is 0 Å². The van der Waals surface area contributed by atoms with E-state index >= 15 is 0 Å². The standard InChI is InChI=1S/C16H21NO/c1-4-9-17(10-5-1)13-14-8-11-18-16-7-3-2-6-15(16)12-14/h2-3,6-7,13H,1,4-5,8-12H2/b14-13+. The average Bonchev–Trinajstić information content (AvgIpc) is 2.61. The third kappa shape index (κ3) is 2.69. The average molecular weight is 243 g/mol. The second-order valence-electron chi connectivity index (χ2n) is 5.27. The summed E-state index contributed by atoms with van der Waals surface area (Å²) in [5.41, 5.74) is 2.85. The maximum Gasteiger partial charge on any atom is 0.122 e. The SMILES string of the molecule is C(=C1/CCOc2ccccc2C1)/N1CCCCC1. The second-order valence-corrected chi connectivity index (χ2v) is 5.27. The Kier molecular flexibility index (Phi) is 3.54. The molecule has 2 nitrogen and oxygen atoms in total. The number of ether oxygens (including phenoxy) is 1. The summed E-state index contributed by atoms with van der Waals surface area (Å²) in [4.78, 5) is 2.49. The molecule has 2 aliphatic rings. The summed E-state index contributed by atoms with van der Waals surface area (Å²) in [7, 11) is 0. The molecule has 0 atom stereocenters. The first-order chi connectivity index (χ1) is 8.92. The van der Waals surface area contributed by atoms with E-state index in [0.29, 0.717) is 0 Å². The van der Waals surface area contributed by atoms with E-state index in [1.165, 1.54) is 43.5 Å². The first-order valence-electron chi connectivity index (χ1n) is 7.06. The summed E-state index contributed by atoms with van der Waals surface area (Å²) in [6.07, 6.45) is 8.59. The third-order valence-corrected chi connectivity index (χ3v) is 3.83. The Bertz CT molecular complexity index is 432. The monoisotopic (exact) mass is 243 g/mol. The van der Waals surface area contributed by atoms with Crippen molar-refractivity contribution in [3.05, 3.63) is 41.6 Å². The van der Waals surface area contributed by atoms with Gasteiger partial charge in [0.2, 0.25) is 0 Å². The molecule has 18 heavy (non-hydrogen) atoms. The number of fused-ring (bicyclic) bond motifs is 1. The van der Waals surface area contributed by atoms with Crippen LogP contribution in [0.4, 0.5) is 0 Å². The number of rotatable bonds is 1. The summed E-state index contributed by atoms with van der Waals surface area (Å²) in [5, 5.41) is 0. The molecule has 2 heteroatoms. The number of piperidine rings is 1. The topological polar surface area (TPSA) is 12.5 Å². The molecule has 0 bridgehead atoms. The van der Waals surface area contributed by atoms with Gasteiger partial charge in [0, 0.05) is 19.5 Å². The van der Waals surface area contributed by atoms with Crippen LogP contribution in [-0.2, 0) is 6.42 Å². The minimum atomic E-state index is 0.816. The Morgan fingerprint density at radius 2 is 1.89 bits per heavy atom. The van der Waals surface area contributed by atoms with Crippen LogP contribution >= 0.6 is 0 Å². The van der Waals surface area contributed by atoms with Gasteiger partial charge in [-0.15, -0.1) is 0 Å². The zero-order valence-corrected chi connectivity index (χ0v) is 10.9. The minimum Gasteiger partial charge on any atom is -0.493 e. The number of benzene rings is 1. The summed E-state index contributed by atoms with van der Waals surface area (Å²) in [6.45, 7) is 3.27.